The molecule has 0 fully saturated rings. The van der Waals surface area contributed by atoms with Crippen LogP contribution in [0.2, 0.25) is 0 Å². The van der Waals surface area contributed by atoms with Gasteiger partial charge in [0.1, 0.15) is 13.3 Å². The number of aromatic nitrogens is 2. The molecule has 0 saturated heterocycles. The number of halogens is 1. The Morgan fingerprint density at radius 2 is 2.20 bits per heavy atom. The smallest absolute Gasteiger partial charge is 0.316 e. The molecule has 0 aliphatic carbocycles. The maximum atomic E-state index is 11.5. The van der Waals surface area contributed by atoms with Crippen LogP contribution in [-0.4, -0.2) is 23.2 Å². The van der Waals surface area contributed by atoms with Gasteiger partial charge in [0.05, 0.1) is 0 Å². The highest BCUT2D eigenvalue weighted by Crippen LogP contribution is 1.95. The van der Waals surface area contributed by atoms with Crippen molar-refractivity contribution in [1.29, 1.82) is 0 Å². The van der Waals surface area contributed by atoms with Crippen molar-refractivity contribution in [3.63, 3.8) is 0 Å². The summed E-state index contributed by atoms with van der Waals surface area (Å²) in [6, 6.07) is 2.80. The van der Waals surface area contributed by atoms with Crippen molar-refractivity contribution >= 4 is 0 Å². The Bertz CT molecular complexity index is 180. The second-order valence-electron chi connectivity index (χ2n) is 1.50. The molecule has 0 atom stereocenters. The van der Waals surface area contributed by atoms with Gasteiger partial charge >= 0.3 is 6.01 Å². The minimum atomic E-state index is -0.526. The van der Waals surface area contributed by atoms with Gasteiger partial charge in [-0.15, -0.1) is 0 Å². The fraction of sp³-hybridized carbons (Fsp3) is 0.333. The van der Waals surface area contributed by atoms with Gasteiger partial charge in [0, 0.05) is 18.5 Å². The molecule has 0 saturated carbocycles. The van der Waals surface area contributed by atoms with Gasteiger partial charge in [0.15, 0.2) is 0 Å². The zero-order valence-corrected chi connectivity index (χ0v) is 5.25. The van der Waals surface area contributed by atoms with Crippen LogP contribution in [-0.2, 0) is 0 Å². The highest BCUT2D eigenvalue weighted by atomic mass is 19.1. The van der Waals surface area contributed by atoms with Crippen molar-refractivity contribution < 1.29 is 9.13 Å². The van der Waals surface area contributed by atoms with E-state index in [0.29, 0.717) is 0 Å². The number of alkyl halides is 1. The third-order valence-corrected chi connectivity index (χ3v) is 0.807. The highest BCUT2D eigenvalue weighted by Gasteiger charge is 1.91. The molecule has 4 heteroatoms. The molecule has 0 unspecified atom stereocenters. The first kappa shape index (κ1) is 6.92. The third kappa shape index (κ3) is 1.97. The van der Waals surface area contributed by atoms with E-state index in [1.165, 1.54) is 12.4 Å². The van der Waals surface area contributed by atoms with Crippen LogP contribution in [0.25, 0.3) is 0 Å². The van der Waals surface area contributed by atoms with Gasteiger partial charge in [-0.3, -0.25) is 0 Å². The van der Waals surface area contributed by atoms with Gasteiger partial charge in [-0.1, -0.05) is 0 Å². The van der Waals surface area contributed by atoms with Crippen molar-refractivity contribution in [2.75, 3.05) is 13.3 Å². The summed E-state index contributed by atoms with van der Waals surface area (Å²) in [5, 5.41) is 0. The summed E-state index contributed by atoms with van der Waals surface area (Å²) in [7, 11) is 0. The Morgan fingerprint density at radius 3 is 2.80 bits per heavy atom. The fourth-order valence-electron chi connectivity index (χ4n) is 0.456. The summed E-state index contributed by atoms with van der Waals surface area (Å²) < 4.78 is 16.2. The molecule has 3 nitrogen and oxygen atoms in total. The van der Waals surface area contributed by atoms with E-state index < -0.39 is 6.67 Å². The second-order valence-corrected chi connectivity index (χ2v) is 1.50. The van der Waals surface area contributed by atoms with E-state index in [2.05, 4.69) is 16.0 Å². The van der Waals surface area contributed by atoms with E-state index in [4.69, 9.17) is 4.74 Å². The van der Waals surface area contributed by atoms with Gasteiger partial charge in [-0.05, 0) is 0 Å². The largest absolute Gasteiger partial charge is 0.461 e. The lowest BCUT2D eigenvalue weighted by Crippen LogP contribution is -2.01. The number of hydrogen-bond acceptors (Lipinski definition) is 3. The minimum absolute atomic E-state index is 0.00398. The second kappa shape index (κ2) is 3.76. The van der Waals surface area contributed by atoms with Crippen LogP contribution >= 0.6 is 0 Å². The Balaban J connectivity index is 2.43. The number of nitrogens with zero attached hydrogens (tertiary/aromatic N) is 2. The van der Waals surface area contributed by atoms with E-state index in [0.717, 1.165) is 0 Å². The van der Waals surface area contributed by atoms with Crippen molar-refractivity contribution in [1.82, 2.24) is 9.97 Å². The SMILES string of the molecule is FCCOc1nc[c]cn1. The minimum Gasteiger partial charge on any atom is -0.461 e. The van der Waals surface area contributed by atoms with Crippen LogP contribution in [0.15, 0.2) is 12.4 Å². The summed E-state index contributed by atoms with van der Waals surface area (Å²) in [6.07, 6.45) is 2.83. The van der Waals surface area contributed by atoms with Crippen LogP contribution in [0.4, 0.5) is 4.39 Å². The topological polar surface area (TPSA) is 35.0 Å². The first-order valence-electron chi connectivity index (χ1n) is 2.80. The molecular formula is C6H6FN2O. The molecule has 1 radical (unpaired) electrons. The molecule has 0 aliphatic rings. The molecule has 0 aromatic carbocycles. The van der Waals surface area contributed by atoms with E-state index in [9.17, 15) is 4.39 Å². The monoisotopic (exact) mass is 141 g/mol. The molecular weight excluding hydrogens is 135 g/mol. The molecule has 0 N–H and O–H groups in total. The molecule has 0 bridgehead atoms. The summed E-state index contributed by atoms with van der Waals surface area (Å²) >= 11 is 0. The predicted octanol–water partition coefficient (Wildman–Crippen LogP) is 0.625. The number of ether oxygens (including phenoxy) is 1. The first-order valence-corrected chi connectivity index (χ1v) is 2.80. The molecule has 1 aromatic heterocycles. The van der Waals surface area contributed by atoms with Gasteiger partial charge in [-0.2, -0.15) is 0 Å². The van der Waals surface area contributed by atoms with Crippen LogP contribution in [0.3, 0.4) is 0 Å². The summed E-state index contributed by atoms with van der Waals surface area (Å²) in [5.41, 5.74) is 0. The standard InChI is InChI=1S/C6H6FN2O/c7-2-5-10-6-8-3-1-4-9-6/h3-4H,2,5H2. The zero-order valence-electron chi connectivity index (χ0n) is 5.25. The Labute approximate surface area is 57.9 Å². The Hall–Kier alpha value is -1.19. The van der Waals surface area contributed by atoms with E-state index in [1.807, 2.05) is 0 Å². The molecule has 0 spiro atoms. The van der Waals surface area contributed by atoms with Gasteiger partial charge < -0.3 is 4.74 Å². The van der Waals surface area contributed by atoms with Crippen molar-refractivity contribution in [2.24, 2.45) is 0 Å². The van der Waals surface area contributed by atoms with Crippen LogP contribution in [0.1, 0.15) is 0 Å². The fourth-order valence-corrected chi connectivity index (χ4v) is 0.456. The van der Waals surface area contributed by atoms with E-state index >= 15 is 0 Å². The Morgan fingerprint density at radius 1 is 1.50 bits per heavy atom. The molecule has 53 valence electrons. The summed E-state index contributed by atoms with van der Waals surface area (Å²) in [6.45, 7) is -0.522. The molecule has 1 aromatic rings. The molecule has 1 rings (SSSR count). The number of hydrogen-bond donors (Lipinski definition) is 0. The molecule has 0 amide bonds. The van der Waals surface area contributed by atoms with Crippen molar-refractivity contribution in [3.8, 4) is 6.01 Å². The van der Waals surface area contributed by atoms with Crippen molar-refractivity contribution in [3.05, 3.63) is 18.5 Å². The zero-order chi connectivity index (χ0) is 7.23. The van der Waals surface area contributed by atoms with Crippen molar-refractivity contribution in [2.45, 2.75) is 0 Å². The van der Waals surface area contributed by atoms with Gasteiger partial charge in [0.2, 0.25) is 0 Å². The maximum absolute atomic E-state index is 11.5. The molecule has 10 heavy (non-hydrogen) atoms. The van der Waals surface area contributed by atoms with Crippen LogP contribution in [0.5, 0.6) is 6.01 Å². The van der Waals surface area contributed by atoms with Crippen LogP contribution < -0.4 is 4.74 Å². The first-order chi connectivity index (χ1) is 4.93. The summed E-state index contributed by atoms with van der Waals surface area (Å²) in [5.74, 6) is 0. The Kier molecular flexibility index (Phi) is 2.61. The lowest BCUT2D eigenvalue weighted by molar-refractivity contribution is 0.254. The highest BCUT2D eigenvalue weighted by molar-refractivity contribution is 4.91. The average molecular weight is 141 g/mol. The molecule has 1 heterocycles. The lowest BCUT2D eigenvalue weighted by atomic mass is 10.7. The lowest BCUT2D eigenvalue weighted by Gasteiger charge is -1.97. The quantitative estimate of drug-likeness (QED) is 0.619. The van der Waals surface area contributed by atoms with E-state index in [-0.39, 0.29) is 12.6 Å². The summed E-state index contributed by atoms with van der Waals surface area (Å²) in [4.78, 5) is 7.32. The van der Waals surface area contributed by atoms with Crippen LogP contribution in [0, 0.1) is 6.07 Å². The maximum Gasteiger partial charge on any atom is 0.316 e. The third-order valence-electron chi connectivity index (χ3n) is 0.807. The normalized spacial score (nSPS) is 9.30. The van der Waals surface area contributed by atoms with E-state index in [1.54, 1.807) is 0 Å². The van der Waals surface area contributed by atoms with Gasteiger partial charge in [0.25, 0.3) is 0 Å². The average Bonchev–Trinajstić information content (AvgIpc) is 2.03. The number of rotatable bonds is 3. The predicted molar refractivity (Wildman–Crippen MR) is 32.3 cm³/mol. The molecule has 0 aliphatic heterocycles. The van der Waals surface area contributed by atoms with Gasteiger partial charge in [-0.25, -0.2) is 14.4 Å².